The minimum absolute atomic E-state index is 0.209. The highest BCUT2D eigenvalue weighted by molar-refractivity contribution is 5.79. The second kappa shape index (κ2) is 4.27. The molecule has 2 aliphatic carbocycles. The molecular weight excluding hydrogens is 212 g/mol. The van der Waals surface area contributed by atoms with Gasteiger partial charge in [0, 0.05) is 19.0 Å². The van der Waals surface area contributed by atoms with Crippen molar-refractivity contribution in [3.8, 4) is 0 Å². The molecule has 1 saturated heterocycles. The lowest BCUT2D eigenvalue weighted by Crippen LogP contribution is -2.52. The summed E-state index contributed by atoms with van der Waals surface area (Å²) in [6.07, 6.45) is 5.38. The molecule has 1 atom stereocenters. The molecule has 3 fully saturated rings. The number of rotatable bonds is 5. The van der Waals surface area contributed by atoms with Crippen molar-refractivity contribution >= 4 is 5.91 Å². The first-order valence-electron chi connectivity index (χ1n) is 7.16. The zero-order valence-corrected chi connectivity index (χ0v) is 11.0. The smallest absolute Gasteiger partial charge is 0.225 e. The first kappa shape index (κ1) is 11.5. The van der Waals surface area contributed by atoms with Crippen molar-refractivity contribution in [3.63, 3.8) is 0 Å². The molecule has 0 aromatic carbocycles. The first-order valence-corrected chi connectivity index (χ1v) is 7.16. The predicted molar refractivity (Wildman–Crippen MR) is 67.5 cm³/mol. The molecule has 0 aromatic rings. The van der Waals surface area contributed by atoms with Gasteiger partial charge < -0.3 is 10.2 Å². The summed E-state index contributed by atoms with van der Waals surface area (Å²) in [4.78, 5) is 14.6. The van der Waals surface area contributed by atoms with E-state index in [0.717, 1.165) is 24.9 Å². The van der Waals surface area contributed by atoms with E-state index in [4.69, 9.17) is 0 Å². The molecule has 1 aliphatic heterocycles. The molecule has 3 heteroatoms. The minimum atomic E-state index is 0.209. The van der Waals surface area contributed by atoms with Gasteiger partial charge in [-0.25, -0.2) is 0 Å². The van der Waals surface area contributed by atoms with Gasteiger partial charge in [0.25, 0.3) is 0 Å². The average Bonchev–Trinajstić information content (AvgIpc) is 3.07. The number of hydrogen-bond donors (Lipinski definition) is 1. The molecule has 1 N–H and O–H groups in total. The number of carbonyl (C=O) groups is 1. The van der Waals surface area contributed by atoms with E-state index in [1.54, 1.807) is 0 Å². The summed E-state index contributed by atoms with van der Waals surface area (Å²) in [5.41, 5.74) is 0. The van der Waals surface area contributed by atoms with E-state index in [1.807, 2.05) is 7.05 Å². The van der Waals surface area contributed by atoms with Crippen molar-refractivity contribution in [3.05, 3.63) is 0 Å². The largest absolute Gasteiger partial charge is 0.342 e. The van der Waals surface area contributed by atoms with E-state index in [-0.39, 0.29) is 5.92 Å². The Hall–Kier alpha value is -0.570. The minimum Gasteiger partial charge on any atom is -0.342 e. The van der Waals surface area contributed by atoms with Crippen molar-refractivity contribution in [1.82, 2.24) is 10.2 Å². The maximum atomic E-state index is 12.5. The van der Waals surface area contributed by atoms with Gasteiger partial charge in [-0.05, 0) is 56.5 Å². The van der Waals surface area contributed by atoms with Gasteiger partial charge in [0.2, 0.25) is 5.91 Å². The highest BCUT2D eigenvalue weighted by Gasteiger charge is 2.46. The van der Waals surface area contributed by atoms with Crippen molar-refractivity contribution in [1.29, 1.82) is 0 Å². The third kappa shape index (κ3) is 2.22. The van der Waals surface area contributed by atoms with Gasteiger partial charge in [-0.1, -0.05) is 6.92 Å². The van der Waals surface area contributed by atoms with Gasteiger partial charge in [0.1, 0.15) is 0 Å². The predicted octanol–water partition coefficient (Wildman–Crippen LogP) is 1.49. The highest BCUT2D eigenvalue weighted by atomic mass is 16.2. The SMILES string of the molecule is CC(C(=O)N(C)C(C1CC1)C1CC1)C1CNC1. The number of hydrogen-bond acceptors (Lipinski definition) is 2. The molecule has 1 amide bonds. The summed E-state index contributed by atoms with van der Waals surface area (Å²) in [6.45, 7) is 4.16. The van der Waals surface area contributed by atoms with Crippen LogP contribution in [-0.4, -0.2) is 37.0 Å². The fourth-order valence-electron chi connectivity index (χ4n) is 3.23. The molecule has 0 bridgehead atoms. The molecule has 17 heavy (non-hydrogen) atoms. The molecule has 96 valence electrons. The summed E-state index contributed by atoms with van der Waals surface area (Å²) in [7, 11) is 2.05. The number of nitrogens with zero attached hydrogens (tertiary/aromatic N) is 1. The quantitative estimate of drug-likeness (QED) is 0.784. The molecule has 1 unspecified atom stereocenters. The van der Waals surface area contributed by atoms with E-state index < -0.39 is 0 Å². The van der Waals surface area contributed by atoms with Crippen LogP contribution >= 0.6 is 0 Å². The molecule has 3 nitrogen and oxygen atoms in total. The third-order valence-electron chi connectivity index (χ3n) is 4.91. The molecular formula is C14H24N2O. The summed E-state index contributed by atoms with van der Waals surface area (Å²) in [5, 5.41) is 3.26. The van der Waals surface area contributed by atoms with Crippen LogP contribution < -0.4 is 5.32 Å². The summed E-state index contributed by atoms with van der Waals surface area (Å²) in [6, 6.07) is 0.568. The fourth-order valence-corrected chi connectivity index (χ4v) is 3.23. The lowest BCUT2D eigenvalue weighted by molar-refractivity contribution is -0.139. The van der Waals surface area contributed by atoms with E-state index in [0.29, 0.717) is 17.9 Å². The van der Waals surface area contributed by atoms with Crippen LogP contribution in [0.4, 0.5) is 0 Å². The Kier molecular flexibility index (Phi) is 2.89. The number of carbonyl (C=O) groups excluding carboxylic acids is 1. The maximum absolute atomic E-state index is 12.5. The fraction of sp³-hybridized carbons (Fsp3) is 0.929. The Bertz CT molecular complexity index is 293. The summed E-state index contributed by atoms with van der Waals surface area (Å²) >= 11 is 0. The van der Waals surface area contributed by atoms with Gasteiger partial charge in [-0.3, -0.25) is 4.79 Å². The van der Waals surface area contributed by atoms with E-state index in [9.17, 15) is 4.79 Å². The van der Waals surface area contributed by atoms with Crippen LogP contribution in [0.3, 0.4) is 0 Å². The molecule has 0 spiro atoms. The van der Waals surface area contributed by atoms with E-state index in [2.05, 4.69) is 17.1 Å². The second-order valence-electron chi connectivity index (χ2n) is 6.32. The van der Waals surface area contributed by atoms with Crippen LogP contribution in [0.5, 0.6) is 0 Å². The summed E-state index contributed by atoms with van der Waals surface area (Å²) < 4.78 is 0. The molecule has 0 aromatic heterocycles. The van der Waals surface area contributed by atoms with Gasteiger partial charge in [-0.2, -0.15) is 0 Å². The normalized spacial score (nSPS) is 26.8. The Balaban J connectivity index is 1.62. The standard InChI is InChI=1S/C14H24N2O/c1-9(12-7-15-8-12)14(17)16(2)13(10-3-4-10)11-5-6-11/h9-13,15H,3-8H2,1-2H3. The van der Waals surface area contributed by atoms with Crippen LogP contribution in [0.15, 0.2) is 0 Å². The molecule has 0 radical (unpaired) electrons. The van der Waals surface area contributed by atoms with Crippen LogP contribution in [0, 0.1) is 23.7 Å². The van der Waals surface area contributed by atoms with Crippen molar-refractivity contribution in [2.24, 2.45) is 23.7 Å². The molecule has 3 rings (SSSR count). The number of nitrogens with one attached hydrogen (secondary N) is 1. The van der Waals surface area contributed by atoms with Crippen LogP contribution in [-0.2, 0) is 4.79 Å². The monoisotopic (exact) mass is 236 g/mol. The molecule has 1 heterocycles. The van der Waals surface area contributed by atoms with Crippen LogP contribution in [0.1, 0.15) is 32.6 Å². The topological polar surface area (TPSA) is 32.3 Å². The molecule has 3 aliphatic rings. The lowest BCUT2D eigenvalue weighted by Gasteiger charge is -2.37. The lowest BCUT2D eigenvalue weighted by atomic mass is 9.87. The van der Waals surface area contributed by atoms with Gasteiger partial charge in [0.05, 0.1) is 0 Å². The average molecular weight is 236 g/mol. The van der Waals surface area contributed by atoms with Crippen molar-refractivity contribution in [2.75, 3.05) is 20.1 Å². The van der Waals surface area contributed by atoms with Crippen molar-refractivity contribution in [2.45, 2.75) is 38.6 Å². The Morgan fingerprint density at radius 1 is 1.12 bits per heavy atom. The first-order chi connectivity index (χ1) is 8.18. The van der Waals surface area contributed by atoms with E-state index >= 15 is 0 Å². The Morgan fingerprint density at radius 2 is 1.65 bits per heavy atom. The van der Waals surface area contributed by atoms with Crippen LogP contribution in [0.25, 0.3) is 0 Å². The van der Waals surface area contributed by atoms with Crippen LogP contribution in [0.2, 0.25) is 0 Å². The van der Waals surface area contributed by atoms with Gasteiger partial charge >= 0.3 is 0 Å². The highest BCUT2D eigenvalue weighted by Crippen LogP contribution is 2.47. The zero-order valence-electron chi connectivity index (χ0n) is 11.0. The molecule has 2 saturated carbocycles. The van der Waals surface area contributed by atoms with Gasteiger partial charge in [0.15, 0.2) is 0 Å². The van der Waals surface area contributed by atoms with Gasteiger partial charge in [-0.15, -0.1) is 0 Å². The zero-order chi connectivity index (χ0) is 12.0. The van der Waals surface area contributed by atoms with Crippen molar-refractivity contribution < 1.29 is 4.79 Å². The Morgan fingerprint density at radius 3 is 2.00 bits per heavy atom. The van der Waals surface area contributed by atoms with E-state index in [1.165, 1.54) is 25.7 Å². The second-order valence-corrected chi connectivity index (χ2v) is 6.32. The third-order valence-corrected chi connectivity index (χ3v) is 4.91. The number of amides is 1. The maximum Gasteiger partial charge on any atom is 0.225 e. The summed E-state index contributed by atoms with van der Waals surface area (Å²) in [5.74, 6) is 2.82. The Labute approximate surface area is 104 Å².